The molecule has 0 unspecified atom stereocenters. The second kappa shape index (κ2) is 6.32. The lowest BCUT2D eigenvalue weighted by Gasteiger charge is -2.25. The molecule has 0 bridgehead atoms. The van der Waals surface area contributed by atoms with Gasteiger partial charge in [0.05, 0.1) is 11.1 Å². The molecule has 0 saturated carbocycles. The van der Waals surface area contributed by atoms with Crippen LogP contribution in [0, 0.1) is 12.7 Å². The highest BCUT2D eigenvalue weighted by molar-refractivity contribution is 5.90. The number of aromatic nitrogens is 4. The normalized spacial score (nSPS) is 16.1. The maximum absolute atomic E-state index is 14.3. The van der Waals surface area contributed by atoms with Gasteiger partial charge in [-0.25, -0.2) is 9.37 Å². The van der Waals surface area contributed by atoms with Gasteiger partial charge < -0.3 is 14.4 Å². The van der Waals surface area contributed by atoms with Gasteiger partial charge >= 0.3 is 0 Å². The lowest BCUT2D eigenvalue weighted by atomic mass is 10.1. The number of nitrogens with one attached hydrogen (secondary N) is 1. The second-order valence-corrected chi connectivity index (χ2v) is 6.30. The van der Waals surface area contributed by atoms with Crippen LogP contribution < -0.4 is 0 Å². The van der Waals surface area contributed by atoms with Crippen molar-refractivity contribution in [1.82, 2.24) is 25.0 Å². The van der Waals surface area contributed by atoms with E-state index in [2.05, 4.69) is 25.0 Å². The van der Waals surface area contributed by atoms with Crippen molar-refractivity contribution in [2.75, 3.05) is 19.6 Å². The lowest BCUT2D eigenvalue weighted by molar-refractivity contribution is 0.223. The molecule has 4 rings (SSSR count). The first-order chi connectivity index (χ1) is 11.7. The monoisotopic (exact) mass is 329 g/mol. The Bertz CT molecular complexity index is 850. The van der Waals surface area contributed by atoms with Gasteiger partial charge in [0, 0.05) is 13.0 Å². The number of hydrogen-bond donors (Lipinski definition) is 1. The van der Waals surface area contributed by atoms with E-state index in [-0.39, 0.29) is 5.82 Å². The van der Waals surface area contributed by atoms with Gasteiger partial charge in [0.25, 0.3) is 0 Å². The summed E-state index contributed by atoms with van der Waals surface area (Å²) in [6, 6.07) is 3.07. The Hall–Kier alpha value is -2.28. The minimum atomic E-state index is -0.391. The van der Waals surface area contributed by atoms with Crippen molar-refractivity contribution in [3.05, 3.63) is 29.7 Å². The highest BCUT2D eigenvalue weighted by atomic mass is 19.1. The third-order valence-corrected chi connectivity index (χ3v) is 4.50. The molecule has 1 N–H and O–H groups in total. The van der Waals surface area contributed by atoms with E-state index in [9.17, 15) is 4.39 Å². The minimum Gasteiger partial charge on any atom is -0.342 e. The molecule has 0 radical (unpaired) electrons. The van der Waals surface area contributed by atoms with E-state index in [0.717, 1.165) is 31.0 Å². The molecule has 6 nitrogen and oxygen atoms in total. The summed E-state index contributed by atoms with van der Waals surface area (Å²) >= 11 is 0. The number of nitrogens with zero attached hydrogens (tertiary/aromatic N) is 4. The van der Waals surface area contributed by atoms with Crippen molar-refractivity contribution in [3.8, 4) is 11.4 Å². The number of piperidine rings is 1. The van der Waals surface area contributed by atoms with Crippen LogP contribution in [0.1, 0.15) is 31.0 Å². The SMILES string of the molecule is Cc1nc2c(-c3noc(CCN4CCCCC4)n3)c(F)ccc2[nH]1. The summed E-state index contributed by atoms with van der Waals surface area (Å²) in [5.74, 6) is 1.14. The zero-order valence-electron chi connectivity index (χ0n) is 13.7. The third-order valence-electron chi connectivity index (χ3n) is 4.50. The summed E-state index contributed by atoms with van der Waals surface area (Å²) < 4.78 is 19.6. The highest BCUT2D eigenvalue weighted by Gasteiger charge is 2.19. The Morgan fingerprint density at radius 1 is 1.21 bits per heavy atom. The van der Waals surface area contributed by atoms with E-state index in [1.165, 1.54) is 25.3 Å². The van der Waals surface area contributed by atoms with E-state index in [1.807, 2.05) is 6.92 Å². The number of halogens is 1. The molecule has 126 valence electrons. The van der Waals surface area contributed by atoms with Crippen molar-refractivity contribution < 1.29 is 8.91 Å². The molecule has 1 aliphatic rings. The minimum absolute atomic E-state index is 0.262. The van der Waals surface area contributed by atoms with Crippen LogP contribution >= 0.6 is 0 Å². The van der Waals surface area contributed by atoms with Gasteiger partial charge in [0.2, 0.25) is 11.7 Å². The van der Waals surface area contributed by atoms with Gasteiger partial charge in [0.15, 0.2) is 0 Å². The predicted octanol–water partition coefficient (Wildman–Crippen LogP) is 3.09. The molecule has 7 heteroatoms. The Morgan fingerprint density at radius 3 is 2.88 bits per heavy atom. The summed E-state index contributed by atoms with van der Waals surface area (Å²) in [6.07, 6.45) is 4.50. The van der Waals surface area contributed by atoms with E-state index < -0.39 is 5.82 Å². The number of aryl methyl sites for hydroxylation is 1. The molecule has 1 saturated heterocycles. The molecule has 0 aliphatic carbocycles. The number of rotatable bonds is 4. The number of aromatic amines is 1. The fourth-order valence-electron chi connectivity index (χ4n) is 3.28. The molecule has 0 spiro atoms. The summed E-state index contributed by atoms with van der Waals surface area (Å²) in [5, 5.41) is 3.97. The summed E-state index contributed by atoms with van der Waals surface area (Å²) in [5.41, 5.74) is 1.60. The first kappa shape index (κ1) is 15.3. The molecule has 3 aromatic rings. The molecule has 3 heterocycles. The van der Waals surface area contributed by atoms with Gasteiger partial charge in [0.1, 0.15) is 17.2 Å². The Morgan fingerprint density at radius 2 is 2.04 bits per heavy atom. The van der Waals surface area contributed by atoms with Crippen LogP contribution in [0.2, 0.25) is 0 Å². The largest absolute Gasteiger partial charge is 0.342 e. The van der Waals surface area contributed by atoms with Gasteiger partial charge in [-0.15, -0.1) is 0 Å². The van der Waals surface area contributed by atoms with Crippen LogP contribution in [0.15, 0.2) is 16.7 Å². The number of likely N-dealkylation sites (tertiary alicyclic amines) is 1. The number of imidazole rings is 1. The fourth-order valence-corrected chi connectivity index (χ4v) is 3.28. The topological polar surface area (TPSA) is 70.8 Å². The van der Waals surface area contributed by atoms with Gasteiger partial charge in [-0.1, -0.05) is 11.6 Å². The van der Waals surface area contributed by atoms with Gasteiger partial charge in [-0.3, -0.25) is 0 Å². The Balaban J connectivity index is 1.57. The first-order valence-corrected chi connectivity index (χ1v) is 8.41. The first-order valence-electron chi connectivity index (χ1n) is 8.41. The molecule has 24 heavy (non-hydrogen) atoms. The Labute approximate surface area is 139 Å². The van der Waals surface area contributed by atoms with Crippen LogP contribution in [0.25, 0.3) is 22.4 Å². The number of fused-ring (bicyclic) bond motifs is 1. The average molecular weight is 329 g/mol. The van der Waals surface area contributed by atoms with Gasteiger partial charge in [-0.2, -0.15) is 4.98 Å². The van der Waals surface area contributed by atoms with Crippen LogP contribution in [-0.4, -0.2) is 44.6 Å². The number of hydrogen-bond acceptors (Lipinski definition) is 5. The standard InChI is InChI=1S/C17H20FN5O/c1-11-19-13-6-5-12(18)15(16(13)20-11)17-21-14(24-22-17)7-10-23-8-3-2-4-9-23/h5-6H,2-4,7-10H2,1H3,(H,19,20). The quantitative estimate of drug-likeness (QED) is 0.796. The molecular weight excluding hydrogens is 309 g/mol. The van der Waals surface area contributed by atoms with Crippen LogP contribution in [-0.2, 0) is 6.42 Å². The van der Waals surface area contributed by atoms with E-state index in [4.69, 9.17) is 4.52 Å². The molecule has 1 aliphatic heterocycles. The van der Waals surface area contributed by atoms with Crippen molar-refractivity contribution in [2.24, 2.45) is 0 Å². The molecular formula is C17H20FN5O. The molecule has 0 atom stereocenters. The van der Waals surface area contributed by atoms with Crippen LogP contribution in [0.5, 0.6) is 0 Å². The van der Waals surface area contributed by atoms with E-state index in [0.29, 0.717) is 23.4 Å². The smallest absolute Gasteiger partial charge is 0.228 e. The molecule has 2 aromatic heterocycles. The summed E-state index contributed by atoms with van der Waals surface area (Å²) in [7, 11) is 0. The van der Waals surface area contributed by atoms with Crippen molar-refractivity contribution in [3.63, 3.8) is 0 Å². The zero-order chi connectivity index (χ0) is 16.5. The predicted molar refractivity (Wildman–Crippen MR) is 88.1 cm³/mol. The van der Waals surface area contributed by atoms with Crippen molar-refractivity contribution >= 4 is 11.0 Å². The van der Waals surface area contributed by atoms with Crippen LogP contribution in [0.4, 0.5) is 4.39 Å². The van der Waals surface area contributed by atoms with Crippen molar-refractivity contribution in [1.29, 1.82) is 0 Å². The lowest BCUT2D eigenvalue weighted by Crippen LogP contribution is -2.31. The summed E-state index contributed by atoms with van der Waals surface area (Å²) in [4.78, 5) is 14.2. The maximum Gasteiger partial charge on any atom is 0.228 e. The zero-order valence-corrected chi connectivity index (χ0v) is 13.7. The highest BCUT2D eigenvalue weighted by Crippen LogP contribution is 2.28. The number of benzene rings is 1. The van der Waals surface area contributed by atoms with Crippen LogP contribution in [0.3, 0.4) is 0 Å². The van der Waals surface area contributed by atoms with Gasteiger partial charge in [-0.05, 0) is 45.0 Å². The molecule has 0 amide bonds. The maximum atomic E-state index is 14.3. The third kappa shape index (κ3) is 2.91. The van der Waals surface area contributed by atoms with Crippen molar-refractivity contribution in [2.45, 2.75) is 32.6 Å². The number of H-pyrrole nitrogens is 1. The second-order valence-electron chi connectivity index (χ2n) is 6.30. The van der Waals surface area contributed by atoms with E-state index >= 15 is 0 Å². The van der Waals surface area contributed by atoms with E-state index in [1.54, 1.807) is 6.07 Å². The molecule has 1 fully saturated rings. The molecule has 1 aromatic carbocycles. The Kier molecular flexibility index (Phi) is 4.02. The fraction of sp³-hybridized carbons (Fsp3) is 0.471. The summed E-state index contributed by atoms with van der Waals surface area (Å²) in [6.45, 7) is 4.99. The average Bonchev–Trinajstić information content (AvgIpc) is 3.20.